The Bertz CT molecular complexity index is 503. The van der Waals surface area contributed by atoms with Crippen molar-refractivity contribution in [1.29, 1.82) is 0 Å². The predicted octanol–water partition coefficient (Wildman–Crippen LogP) is 0.668. The summed E-state index contributed by atoms with van der Waals surface area (Å²) in [5, 5.41) is 5.81. The van der Waals surface area contributed by atoms with Gasteiger partial charge in [-0.1, -0.05) is 0 Å². The number of morpholine rings is 1. The SMILES string of the molecule is CC(CNC(=O)NCc1ccnc(N(C)C)c1)N1CCOCC1. The number of hydrogen-bond donors (Lipinski definition) is 2. The van der Waals surface area contributed by atoms with Crippen LogP contribution in [0.2, 0.25) is 0 Å². The summed E-state index contributed by atoms with van der Waals surface area (Å²) in [5.41, 5.74) is 1.03. The maximum absolute atomic E-state index is 11.9. The molecule has 2 heterocycles. The van der Waals surface area contributed by atoms with Crippen LogP contribution in [-0.4, -0.2) is 68.9 Å². The number of nitrogens with zero attached hydrogens (tertiary/aromatic N) is 3. The van der Waals surface area contributed by atoms with E-state index >= 15 is 0 Å². The molecule has 23 heavy (non-hydrogen) atoms. The highest BCUT2D eigenvalue weighted by Crippen LogP contribution is 2.09. The number of pyridine rings is 1. The van der Waals surface area contributed by atoms with Gasteiger partial charge in [0.15, 0.2) is 0 Å². The van der Waals surface area contributed by atoms with Crippen molar-refractivity contribution in [1.82, 2.24) is 20.5 Å². The van der Waals surface area contributed by atoms with Crippen LogP contribution in [-0.2, 0) is 11.3 Å². The molecular weight excluding hydrogens is 294 g/mol. The molecule has 128 valence electrons. The first-order valence-electron chi connectivity index (χ1n) is 8.02. The van der Waals surface area contributed by atoms with E-state index in [-0.39, 0.29) is 6.03 Å². The first-order chi connectivity index (χ1) is 11.1. The molecular formula is C16H27N5O2. The van der Waals surface area contributed by atoms with Crippen LogP contribution in [0.25, 0.3) is 0 Å². The number of rotatable bonds is 6. The number of urea groups is 1. The van der Waals surface area contributed by atoms with Crippen LogP contribution in [0.15, 0.2) is 18.3 Å². The first-order valence-corrected chi connectivity index (χ1v) is 8.02. The molecule has 7 heteroatoms. The minimum absolute atomic E-state index is 0.145. The molecule has 2 rings (SSSR count). The van der Waals surface area contributed by atoms with E-state index in [4.69, 9.17) is 4.74 Å². The highest BCUT2D eigenvalue weighted by atomic mass is 16.5. The van der Waals surface area contributed by atoms with E-state index in [0.717, 1.165) is 37.7 Å². The largest absolute Gasteiger partial charge is 0.379 e. The van der Waals surface area contributed by atoms with Crippen LogP contribution >= 0.6 is 0 Å². The van der Waals surface area contributed by atoms with E-state index < -0.39 is 0 Å². The Morgan fingerprint density at radius 2 is 2.13 bits per heavy atom. The Morgan fingerprint density at radius 3 is 2.83 bits per heavy atom. The predicted molar refractivity (Wildman–Crippen MR) is 90.7 cm³/mol. The van der Waals surface area contributed by atoms with E-state index in [1.54, 1.807) is 6.20 Å². The number of ether oxygens (including phenoxy) is 1. The summed E-state index contributed by atoms with van der Waals surface area (Å²) in [6.07, 6.45) is 1.75. The fourth-order valence-corrected chi connectivity index (χ4v) is 2.45. The molecule has 0 radical (unpaired) electrons. The van der Waals surface area contributed by atoms with Crippen LogP contribution in [0.5, 0.6) is 0 Å². The lowest BCUT2D eigenvalue weighted by Gasteiger charge is -2.32. The van der Waals surface area contributed by atoms with Gasteiger partial charge in [0.25, 0.3) is 0 Å². The average molecular weight is 321 g/mol. The van der Waals surface area contributed by atoms with E-state index in [9.17, 15) is 4.79 Å². The first kappa shape index (κ1) is 17.5. The molecule has 0 saturated carbocycles. The number of amides is 2. The van der Waals surface area contributed by atoms with Crippen LogP contribution in [0.4, 0.5) is 10.6 Å². The molecule has 1 fully saturated rings. The summed E-state index contributed by atoms with van der Waals surface area (Å²) in [6.45, 7) is 6.63. The van der Waals surface area contributed by atoms with Crippen molar-refractivity contribution in [2.24, 2.45) is 0 Å². The number of hydrogen-bond acceptors (Lipinski definition) is 5. The molecule has 0 bridgehead atoms. The molecule has 0 aliphatic carbocycles. The Kier molecular flexibility index (Phi) is 6.61. The molecule has 7 nitrogen and oxygen atoms in total. The molecule has 1 unspecified atom stereocenters. The van der Waals surface area contributed by atoms with Crippen molar-refractivity contribution in [3.05, 3.63) is 23.9 Å². The maximum Gasteiger partial charge on any atom is 0.315 e. The monoisotopic (exact) mass is 321 g/mol. The molecule has 1 saturated heterocycles. The maximum atomic E-state index is 11.9. The zero-order valence-electron chi connectivity index (χ0n) is 14.2. The molecule has 2 N–H and O–H groups in total. The summed E-state index contributed by atoms with van der Waals surface area (Å²) in [6, 6.07) is 4.04. The lowest BCUT2D eigenvalue weighted by atomic mass is 10.2. The lowest BCUT2D eigenvalue weighted by Crippen LogP contribution is -2.48. The summed E-state index contributed by atoms with van der Waals surface area (Å²) in [4.78, 5) is 20.5. The average Bonchev–Trinajstić information content (AvgIpc) is 2.58. The minimum atomic E-state index is -0.145. The van der Waals surface area contributed by atoms with Gasteiger partial charge in [-0.05, 0) is 24.6 Å². The van der Waals surface area contributed by atoms with Crippen LogP contribution < -0.4 is 15.5 Å². The third kappa shape index (κ3) is 5.69. The van der Waals surface area contributed by atoms with Crippen molar-refractivity contribution < 1.29 is 9.53 Å². The van der Waals surface area contributed by atoms with Crippen LogP contribution in [0.1, 0.15) is 12.5 Å². The summed E-state index contributed by atoms with van der Waals surface area (Å²) in [5.74, 6) is 0.880. The third-order valence-corrected chi connectivity index (χ3v) is 3.95. The van der Waals surface area contributed by atoms with Crippen LogP contribution in [0, 0.1) is 0 Å². The second kappa shape index (κ2) is 8.69. The van der Waals surface area contributed by atoms with Crippen molar-refractivity contribution in [3.8, 4) is 0 Å². The highest BCUT2D eigenvalue weighted by Gasteiger charge is 2.17. The Hall–Kier alpha value is -1.86. The van der Waals surface area contributed by atoms with E-state index in [0.29, 0.717) is 19.1 Å². The van der Waals surface area contributed by atoms with E-state index in [1.807, 2.05) is 31.1 Å². The second-order valence-corrected chi connectivity index (χ2v) is 5.98. The Balaban J connectivity index is 1.71. The molecule has 2 amide bonds. The van der Waals surface area contributed by atoms with Gasteiger partial charge in [-0.15, -0.1) is 0 Å². The summed E-state index contributed by atoms with van der Waals surface area (Å²) < 4.78 is 5.34. The smallest absolute Gasteiger partial charge is 0.315 e. The molecule has 1 aromatic rings. The lowest BCUT2D eigenvalue weighted by molar-refractivity contribution is 0.0209. The normalized spacial score (nSPS) is 16.7. The van der Waals surface area contributed by atoms with Gasteiger partial charge < -0.3 is 20.3 Å². The number of nitrogens with one attached hydrogen (secondary N) is 2. The molecule has 1 atom stereocenters. The Labute approximate surface area is 138 Å². The van der Waals surface area contributed by atoms with Crippen molar-refractivity contribution in [2.75, 3.05) is 51.8 Å². The molecule has 1 aliphatic heterocycles. The topological polar surface area (TPSA) is 69.7 Å². The Morgan fingerprint density at radius 1 is 1.39 bits per heavy atom. The zero-order chi connectivity index (χ0) is 16.7. The van der Waals surface area contributed by atoms with E-state index in [1.165, 1.54) is 0 Å². The quantitative estimate of drug-likeness (QED) is 0.806. The third-order valence-electron chi connectivity index (χ3n) is 3.95. The van der Waals surface area contributed by atoms with Gasteiger partial charge in [-0.2, -0.15) is 0 Å². The van der Waals surface area contributed by atoms with Gasteiger partial charge in [0.05, 0.1) is 13.2 Å². The number of carbonyl (C=O) groups is 1. The van der Waals surface area contributed by atoms with Crippen LogP contribution in [0.3, 0.4) is 0 Å². The fourth-order valence-electron chi connectivity index (χ4n) is 2.45. The standard InChI is InChI=1S/C16H27N5O2/c1-13(21-6-8-23-9-7-21)11-18-16(22)19-12-14-4-5-17-15(10-14)20(2)3/h4-5,10,13H,6-9,11-12H2,1-3H3,(H2,18,19,22). The van der Waals surface area contributed by atoms with Crippen molar-refractivity contribution in [2.45, 2.75) is 19.5 Å². The summed E-state index contributed by atoms with van der Waals surface area (Å²) >= 11 is 0. The number of carbonyl (C=O) groups excluding carboxylic acids is 1. The minimum Gasteiger partial charge on any atom is -0.379 e. The van der Waals surface area contributed by atoms with Crippen molar-refractivity contribution in [3.63, 3.8) is 0 Å². The van der Waals surface area contributed by atoms with E-state index in [2.05, 4.69) is 27.4 Å². The summed E-state index contributed by atoms with van der Waals surface area (Å²) in [7, 11) is 3.89. The van der Waals surface area contributed by atoms with Gasteiger partial charge in [0.1, 0.15) is 5.82 Å². The fraction of sp³-hybridized carbons (Fsp3) is 0.625. The van der Waals surface area contributed by atoms with Gasteiger partial charge in [0, 0.05) is 52.5 Å². The zero-order valence-corrected chi connectivity index (χ0v) is 14.2. The highest BCUT2D eigenvalue weighted by molar-refractivity contribution is 5.73. The molecule has 0 aromatic carbocycles. The van der Waals surface area contributed by atoms with Gasteiger partial charge in [-0.25, -0.2) is 9.78 Å². The molecule has 1 aliphatic rings. The molecule has 0 spiro atoms. The number of anilines is 1. The van der Waals surface area contributed by atoms with Gasteiger partial charge >= 0.3 is 6.03 Å². The van der Waals surface area contributed by atoms with Gasteiger partial charge in [-0.3, -0.25) is 4.90 Å². The number of aromatic nitrogens is 1. The molecule has 1 aromatic heterocycles. The second-order valence-electron chi connectivity index (χ2n) is 5.98. The van der Waals surface area contributed by atoms with Crippen molar-refractivity contribution >= 4 is 11.8 Å². The van der Waals surface area contributed by atoms with Gasteiger partial charge in [0.2, 0.25) is 0 Å².